The summed E-state index contributed by atoms with van der Waals surface area (Å²) in [6.45, 7) is 6.35. The zero-order valence-electron chi connectivity index (χ0n) is 12.6. The van der Waals surface area contributed by atoms with Crippen LogP contribution in [0.3, 0.4) is 0 Å². The molecule has 2 aliphatic rings. The summed E-state index contributed by atoms with van der Waals surface area (Å²) in [6, 6.07) is 4.60. The van der Waals surface area contributed by atoms with Gasteiger partial charge < -0.3 is 15.2 Å². The third-order valence-corrected chi connectivity index (χ3v) is 4.57. The van der Waals surface area contributed by atoms with Crippen LogP contribution in [-0.2, 0) is 0 Å². The van der Waals surface area contributed by atoms with E-state index in [4.69, 9.17) is 26.8 Å². The summed E-state index contributed by atoms with van der Waals surface area (Å²) in [7, 11) is 0. The van der Waals surface area contributed by atoms with Gasteiger partial charge in [0.1, 0.15) is 0 Å². The number of fused-ring (bicyclic) bond motifs is 1. The standard InChI is InChI=1S/C16H23ClN2O2/c1-10(2)19(8-11-3-4-11)14(7-18)12-5-13(17)16-15(6-12)20-9-21-16/h5-6,10-11,14H,3-4,7-9,18H2,1-2H3. The fourth-order valence-corrected chi connectivity index (χ4v) is 3.21. The molecule has 1 saturated carbocycles. The summed E-state index contributed by atoms with van der Waals surface area (Å²) in [5.74, 6) is 2.20. The van der Waals surface area contributed by atoms with E-state index in [1.165, 1.54) is 12.8 Å². The maximum absolute atomic E-state index is 6.31. The topological polar surface area (TPSA) is 47.7 Å². The first kappa shape index (κ1) is 14.9. The molecule has 21 heavy (non-hydrogen) atoms. The van der Waals surface area contributed by atoms with Crippen molar-refractivity contribution in [2.45, 2.75) is 38.8 Å². The fourth-order valence-electron chi connectivity index (χ4n) is 2.94. The van der Waals surface area contributed by atoms with Crippen LogP contribution in [0.1, 0.15) is 38.3 Å². The van der Waals surface area contributed by atoms with Gasteiger partial charge in [0, 0.05) is 25.2 Å². The van der Waals surface area contributed by atoms with Gasteiger partial charge in [0.25, 0.3) is 0 Å². The highest BCUT2D eigenvalue weighted by Gasteiger charge is 2.31. The molecule has 3 rings (SSSR count). The lowest BCUT2D eigenvalue weighted by molar-refractivity contribution is 0.149. The predicted molar refractivity (Wildman–Crippen MR) is 83.9 cm³/mol. The Morgan fingerprint density at radius 2 is 2.10 bits per heavy atom. The van der Waals surface area contributed by atoms with Crippen LogP contribution < -0.4 is 15.2 Å². The van der Waals surface area contributed by atoms with Gasteiger partial charge in [-0.15, -0.1) is 0 Å². The van der Waals surface area contributed by atoms with Crippen LogP contribution in [0.25, 0.3) is 0 Å². The van der Waals surface area contributed by atoms with Crippen molar-refractivity contribution in [2.75, 3.05) is 19.9 Å². The van der Waals surface area contributed by atoms with Gasteiger partial charge >= 0.3 is 0 Å². The van der Waals surface area contributed by atoms with Gasteiger partial charge in [-0.2, -0.15) is 0 Å². The van der Waals surface area contributed by atoms with Crippen LogP contribution in [0, 0.1) is 5.92 Å². The van der Waals surface area contributed by atoms with E-state index in [1.54, 1.807) is 0 Å². The van der Waals surface area contributed by atoms with E-state index in [2.05, 4.69) is 18.7 Å². The number of halogens is 1. The SMILES string of the molecule is CC(C)N(CC1CC1)C(CN)c1cc(Cl)c2c(c1)OCO2. The molecule has 1 unspecified atom stereocenters. The monoisotopic (exact) mass is 310 g/mol. The summed E-state index contributed by atoms with van der Waals surface area (Å²) >= 11 is 6.31. The number of benzene rings is 1. The first-order valence-corrected chi connectivity index (χ1v) is 8.02. The molecule has 0 aromatic heterocycles. The molecule has 0 bridgehead atoms. The zero-order chi connectivity index (χ0) is 15.0. The van der Waals surface area contributed by atoms with Gasteiger partial charge in [-0.05, 0) is 50.3 Å². The molecular weight excluding hydrogens is 288 g/mol. The van der Waals surface area contributed by atoms with Crippen LogP contribution in [0.4, 0.5) is 0 Å². The Labute approximate surface area is 131 Å². The molecular formula is C16H23ClN2O2. The van der Waals surface area contributed by atoms with Crippen LogP contribution in [0.2, 0.25) is 5.02 Å². The Morgan fingerprint density at radius 3 is 2.71 bits per heavy atom. The highest BCUT2D eigenvalue weighted by atomic mass is 35.5. The Balaban J connectivity index is 1.89. The molecule has 0 saturated heterocycles. The molecule has 1 aliphatic heterocycles. The molecule has 1 aromatic rings. The van der Waals surface area contributed by atoms with Gasteiger partial charge in [0.15, 0.2) is 11.5 Å². The van der Waals surface area contributed by atoms with Gasteiger partial charge in [-0.1, -0.05) is 11.6 Å². The van der Waals surface area contributed by atoms with Crippen molar-refractivity contribution < 1.29 is 9.47 Å². The molecule has 1 aromatic carbocycles. The van der Waals surface area contributed by atoms with Crippen molar-refractivity contribution in [2.24, 2.45) is 11.7 Å². The number of nitrogens with two attached hydrogens (primary N) is 1. The number of hydrogen-bond acceptors (Lipinski definition) is 4. The summed E-state index contributed by atoms with van der Waals surface area (Å²) in [4.78, 5) is 2.48. The van der Waals surface area contributed by atoms with Gasteiger partial charge in [-0.25, -0.2) is 0 Å². The summed E-state index contributed by atoms with van der Waals surface area (Å²) in [6.07, 6.45) is 2.67. The van der Waals surface area contributed by atoms with Crippen molar-refractivity contribution in [3.8, 4) is 11.5 Å². The lowest BCUT2D eigenvalue weighted by Crippen LogP contribution is -2.40. The Bertz CT molecular complexity index is 517. The maximum Gasteiger partial charge on any atom is 0.231 e. The molecule has 0 spiro atoms. The molecule has 116 valence electrons. The molecule has 1 heterocycles. The minimum absolute atomic E-state index is 0.164. The van der Waals surface area contributed by atoms with Crippen molar-refractivity contribution in [1.29, 1.82) is 0 Å². The van der Waals surface area contributed by atoms with E-state index in [9.17, 15) is 0 Å². The van der Waals surface area contributed by atoms with Gasteiger partial charge in [0.05, 0.1) is 5.02 Å². The Morgan fingerprint density at radius 1 is 1.33 bits per heavy atom. The lowest BCUT2D eigenvalue weighted by Gasteiger charge is -2.35. The van der Waals surface area contributed by atoms with Gasteiger partial charge in [-0.3, -0.25) is 4.90 Å². The van der Waals surface area contributed by atoms with Crippen molar-refractivity contribution in [3.05, 3.63) is 22.7 Å². The summed E-state index contributed by atoms with van der Waals surface area (Å²) in [5, 5.41) is 0.605. The number of nitrogens with zero attached hydrogens (tertiary/aromatic N) is 1. The van der Waals surface area contributed by atoms with E-state index < -0.39 is 0 Å². The lowest BCUT2D eigenvalue weighted by atomic mass is 10.0. The molecule has 2 N–H and O–H groups in total. The summed E-state index contributed by atoms with van der Waals surface area (Å²) in [5.41, 5.74) is 7.19. The van der Waals surface area contributed by atoms with Gasteiger partial charge in [0.2, 0.25) is 6.79 Å². The van der Waals surface area contributed by atoms with E-state index >= 15 is 0 Å². The quantitative estimate of drug-likeness (QED) is 0.876. The average molecular weight is 311 g/mol. The van der Waals surface area contributed by atoms with E-state index in [-0.39, 0.29) is 12.8 Å². The van der Waals surface area contributed by atoms with Crippen molar-refractivity contribution in [1.82, 2.24) is 4.90 Å². The van der Waals surface area contributed by atoms with E-state index in [0.29, 0.717) is 23.4 Å². The molecule has 1 fully saturated rings. The fraction of sp³-hybridized carbons (Fsp3) is 0.625. The second kappa shape index (κ2) is 6.03. The van der Waals surface area contributed by atoms with Crippen LogP contribution in [0.5, 0.6) is 11.5 Å². The predicted octanol–water partition coefficient (Wildman–Crippen LogP) is 3.19. The molecule has 1 aliphatic carbocycles. The number of ether oxygens (including phenoxy) is 2. The third kappa shape index (κ3) is 3.12. The minimum atomic E-state index is 0.164. The molecule has 0 amide bonds. The maximum atomic E-state index is 6.31. The van der Waals surface area contributed by atoms with Crippen molar-refractivity contribution in [3.63, 3.8) is 0 Å². The van der Waals surface area contributed by atoms with Crippen LogP contribution >= 0.6 is 11.6 Å². The Kier molecular flexibility index (Phi) is 4.29. The second-order valence-electron chi connectivity index (χ2n) is 6.22. The van der Waals surface area contributed by atoms with Crippen molar-refractivity contribution >= 4 is 11.6 Å². The second-order valence-corrected chi connectivity index (χ2v) is 6.63. The number of hydrogen-bond donors (Lipinski definition) is 1. The average Bonchev–Trinajstić information content (AvgIpc) is 3.13. The molecule has 1 atom stereocenters. The molecule has 4 nitrogen and oxygen atoms in total. The number of rotatable bonds is 6. The minimum Gasteiger partial charge on any atom is -0.454 e. The highest BCUT2D eigenvalue weighted by Crippen LogP contribution is 2.42. The first-order chi connectivity index (χ1) is 10.1. The van der Waals surface area contributed by atoms with E-state index in [0.717, 1.165) is 23.8 Å². The highest BCUT2D eigenvalue weighted by molar-refractivity contribution is 6.32. The molecule has 5 heteroatoms. The summed E-state index contributed by atoms with van der Waals surface area (Å²) < 4.78 is 10.9. The largest absolute Gasteiger partial charge is 0.454 e. The molecule has 0 radical (unpaired) electrons. The van der Waals surface area contributed by atoms with E-state index in [1.807, 2.05) is 12.1 Å². The Hall–Kier alpha value is -0.970. The van der Waals surface area contributed by atoms with Crippen LogP contribution in [0.15, 0.2) is 12.1 Å². The first-order valence-electron chi connectivity index (χ1n) is 7.65. The third-order valence-electron chi connectivity index (χ3n) is 4.29. The normalized spacial score (nSPS) is 18.6. The smallest absolute Gasteiger partial charge is 0.231 e. The zero-order valence-corrected chi connectivity index (χ0v) is 13.4. The van der Waals surface area contributed by atoms with Crippen LogP contribution in [-0.4, -0.2) is 30.8 Å².